The summed E-state index contributed by atoms with van der Waals surface area (Å²) in [5, 5.41) is 2.95. The number of ether oxygens (including phenoxy) is 1. The number of nitrogens with zero attached hydrogens (tertiary/aromatic N) is 1. The Bertz CT molecular complexity index is 468. The molecule has 0 spiro atoms. The molecule has 2 N–H and O–H groups in total. The van der Waals surface area contributed by atoms with E-state index in [0.717, 1.165) is 22.0 Å². The summed E-state index contributed by atoms with van der Waals surface area (Å²) in [6.45, 7) is 3.11. The number of thiazole rings is 1. The summed E-state index contributed by atoms with van der Waals surface area (Å²) in [6, 6.07) is 7.93. The lowest BCUT2D eigenvalue weighted by Gasteiger charge is -2.07. The second-order valence-electron chi connectivity index (χ2n) is 3.28. The van der Waals surface area contributed by atoms with Gasteiger partial charge in [-0.05, 0) is 19.1 Å². The number of hydrogen-bond acceptors (Lipinski definition) is 4. The summed E-state index contributed by atoms with van der Waals surface area (Å²) >= 11 is 1.60. The summed E-state index contributed by atoms with van der Waals surface area (Å²) in [5.41, 5.74) is 7.51. The molecular formula is C12H14N2OS. The molecular weight excluding hydrogens is 220 g/mol. The smallest absolute Gasteiger partial charge is 0.129 e. The summed E-state index contributed by atoms with van der Waals surface area (Å²) < 4.78 is 5.57. The molecule has 0 aliphatic carbocycles. The Morgan fingerprint density at radius 1 is 1.38 bits per heavy atom. The van der Waals surface area contributed by atoms with Crippen LogP contribution in [0.5, 0.6) is 5.75 Å². The minimum atomic E-state index is 0.479. The molecule has 0 bridgehead atoms. The molecule has 0 unspecified atom stereocenters. The van der Waals surface area contributed by atoms with Crippen LogP contribution in [0.15, 0.2) is 29.6 Å². The molecule has 1 heterocycles. The predicted octanol–water partition coefficient (Wildman–Crippen LogP) is 2.67. The number of benzene rings is 1. The maximum absolute atomic E-state index is 5.57. The van der Waals surface area contributed by atoms with E-state index < -0.39 is 0 Å². The Balaban J connectivity index is 2.38. The van der Waals surface area contributed by atoms with Crippen molar-refractivity contribution in [1.82, 2.24) is 4.98 Å². The minimum Gasteiger partial charge on any atom is -0.493 e. The summed E-state index contributed by atoms with van der Waals surface area (Å²) in [6.07, 6.45) is 0. The molecule has 0 radical (unpaired) electrons. The van der Waals surface area contributed by atoms with Crippen LogP contribution in [-0.4, -0.2) is 11.6 Å². The van der Waals surface area contributed by atoms with Gasteiger partial charge in [0.25, 0.3) is 0 Å². The van der Waals surface area contributed by atoms with Gasteiger partial charge in [0.15, 0.2) is 0 Å². The number of rotatable bonds is 4. The second kappa shape index (κ2) is 5.09. The number of aromatic nitrogens is 1. The first kappa shape index (κ1) is 11.1. The molecule has 0 fully saturated rings. The Hall–Kier alpha value is -1.39. The van der Waals surface area contributed by atoms with E-state index in [1.54, 1.807) is 11.3 Å². The van der Waals surface area contributed by atoms with Crippen LogP contribution in [-0.2, 0) is 6.54 Å². The third kappa shape index (κ3) is 2.23. The van der Waals surface area contributed by atoms with Gasteiger partial charge in [0, 0.05) is 11.9 Å². The van der Waals surface area contributed by atoms with Crippen molar-refractivity contribution >= 4 is 11.3 Å². The number of para-hydroxylation sites is 1. The molecule has 1 aromatic heterocycles. The molecule has 0 saturated heterocycles. The van der Waals surface area contributed by atoms with Crippen molar-refractivity contribution in [1.29, 1.82) is 0 Å². The summed E-state index contributed by atoms with van der Waals surface area (Å²) in [4.78, 5) is 4.46. The van der Waals surface area contributed by atoms with E-state index in [9.17, 15) is 0 Å². The van der Waals surface area contributed by atoms with Crippen molar-refractivity contribution in [2.75, 3.05) is 6.61 Å². The van der Waals surface area contributed by atoms with E-state index in [1.165, 1.54) is 0 Å². The van der Waals surface area contributed by atoms with Crippen molar-refractivity contribution in [3.63, 3.8) is 0 Å². The van der Waals surface area contributed by atoms with Gasteiger partial charge in [-0.15, -0.1) is 11.3 Å². The van der Waals surface area contributed by atoms with E-state index in [0.29, 0.717) is 13.2 Å². The predicted molar refractivity (Wildman–Crippen MR) is 66.6 cm³/mol. The third-order valence-electron chi connectivity index (χ3n) is 2.18. The highest BCUT2D eigenvalue weighted by atomic mass is 32.1. The Morgan fingerprint density at radius 3 is 2.88 bits per heavy atom. The molecule has 16 heavy (non-hydrogen) atoms. The van der Waals surface area contributed by atoms with Crippen LogP contribution in [0.3, 0.4) is 0 Å². The molecule has 1 aromatic carbocycles. The number of hydrogen-bond donors (Lipinski definition) is 1. The fourth-order valence-electron chi connectivity index (χ4n) is 1.45. The lowest BCUT2D eigenvalue weighted by Crippen LogP contribution is -1.96. The van der Waals surface area contributed by atoms with Crippen LogP contribution in [0, 0.1) is 0 Å². The highest BCUT2D eigenvalue weighted by molar-refractivity contribution is 7.13. The van der Waals surface area contributed by atoms with Gasteiger partial charge < -0.3 is 10.5 Å². The van der Waals surface area contributed by atoms with Crippen LogP contribution < -0.4 is 10.5 Å². The zero-order valence-corrected chi connectivity index (χ0v) is 9.96. The highest BCUT2D eigenvalue weighted by Crippen LogP contribution is 2.31. The first-order valence-electron chi connectivity index (χ1n) is 5.21. The van der Waals surface area contributed by atoms with Crippen LogP contribution in [0.4, 0.5) is 0 Å². The monoisotopic (exact) mass is 234 g/mol. The van der Waals surface area contributed by atoms with E-state index >= 15 is 0 Å². The van der Waals surface area contributed by atoms with E-state index in [4.69, 9.17) is 10.5 Å². The van der Waals surface area contributed by atoms with E-state index in [1.807, 2.05) is 36.6 Å². The van der Waals surface area contributed by atoms with Crippen molar-refractivity contribution in [3.05, 3.63) is 35.3 Å². The van der Waals surface area contributed by atoms with Crippen LogP contribution in [0.25, 0.3) is 10.6 Å². The first-order chi connectivity index (χ1) is 7.85. The summed E-state index contributed by atoms with van der Waals surface area (Å²) in [7, 11) is 0. The first-order valence-corrected chi connectivity index (χ1v) is 6.09. The van der Waals surface area contributed by atoms with Gasteiger partial charge in [-0.3, -0.25) is 0 Å². The average molecular weight is 234 g/mol. The molecule has 0 aliphatic rings. The molecule has 0 atom stereocenters. The van der Waals surface area contributed by atoms with Crippen molar-refractivity contribution < 1.29 is 4.74 Å². The second-order valence-corrected chi connectivity index (χ2v) is 4.14. The molecule has 0 saturated carbocycles. The fraction of sp³-hybridized carbons (Fsp3) is 0.250. The Kier molecular flexibility index (Phi) is 3.54. The maximum Gasteiger partial charge on any atom is 0.129 e. The lowest BCUT2D eigenvalue weighted by atomic mass is 10.2. The summed E-state index contributed by atoms with van der Waals surface area (Å²) in [5.74, 6) is 0.878. The topological polar surface area (TPSA) is 48.1 Å². The fourth-order valence-corrected chi connectivity index (χ4v) is 2.31. The minimum absolute atomic E-state index is 0.479. The molecule has 2 aromatic rings. The van der Waals surface area contributed by atoms with Crippen molar-refractivity contribution in [2.24, 2.45) is 5.73 Å². The van der Waals surface area contributed by atoms with Gasteiger partial charge in [0.2, 0.25) is 0 Å². The molecule has 4 heteroatoms. The van der Waals surface area contributed by atoms with Gasteiger partial charge >= 0.3 is 0 Å². The van der Waals surface area contributed by atoms with Crippen molar-refractivity contribution in [2.45, 2.75) is 13.5 Å². The van der Waals surface area contributed by atoms with Crippen molar-refractivity contribution in [3.8, 4) is 16.3 Å². The molecule has 2 rings (SSSR count). The van der Waals surface area contributed by atoms with Gasteiger partial charge in [-0.1, -0.05) is 12.1 Å². The zero-order valence-electron chi connectivity index (χ0n) is 9.14. The van der Waals surface area contributed by atoms with Gasteiger partial charge in [0.1, 0.15) is 10.8 Å². The quantitative estimate of drug-likeness (QED) is 0.884. The lowest BCUT2D eigenvalue weighted by molar-refractivity contribution is 0.341. The van der Waals surface area contributed by atoms with Gasteiger partial charge in [-0.2, -0.15) is 0 Å². The van der Waals surface area contributed by atoms with Gasteiger partial charge in [0.05, 0.1) is 17.9 Å². The van der Waals surface area contributed by atoms with E-state index in [2.05, 4.69) is 4.98 Å². The average Bonchev–Trinajstić information content (AvgIpc) is 2.79. The Morgan fingerprint density at radius 2 is 2.19 bits per heavy atom. The van der Waals surface area contributed by atoms with Crippen LogP contribution in [0.2, 0.25) is 0 Å². The Labute approximate surface area is 98.9 Å². The van der Waals surface area contributed by atoms with E-state index in [-0.39, 0.29) is 0 Å². The maximum atomic E-state index is 5.57. The normalized spacial score (nSPS) is 10.4. The standard InChI is InChI=1S/C12H14N2OS/c1-2-15-11-6-4-3-5-10(11)12-14-9(7-13)8-16-12/h3-6,8H,2,7,13H2,1H3. The third-order valence-corrected chi connectivity index (χ3v) is 3.10. The largest absolute Gasteiger partial charge is 0.493 e. The van der Waals surface area contributed by atoms with Crippen LogP contribution in [0.1, 0.15) is 12.6 Å². The molecule has 3 nitrogen and oxygen atoms in total. The molecule has 0 amide bonds. The SMILES string of the molecule is CCOc1ccccc1-c1nc(CN)cs1. The zero-order chi connectivity index (χ0) is 11.4. The van der Waals surface area contributed by atoms with Crippen LogP contribution >= 0.6 is 11.3 Å². The molecule has 0 aliphatic heterocycles. The highest BCUT2D eigenvalue weighted by Gasteiger charge is 2.09. The van der Waals surface area contributed by atoms with Gasteiger partial charge in [-0.25, -0.2) is 4.98 Å². The number of nitrogens with two attached hydrogens (primary N) is 1. The molecule has 84 valence electrons.